The van der Waals surface area contributed by atoms with Gasteiger partial charge in [0.15, 0.2) is 11.9 Å². The summed E-state index contributed by atoms with van der Waals surface area (Å²) in [6.45, 7) is 0.746. The second-order valence-corrected chi connectivity index (χ2v) is 3.74. The lowest BCUT2D eigenvalue weighted by molar-refractivity contribution is -0.189. The van der Waals surface area contributed by atoms with Crippen LogP contribution >= 0.6 is 0 Å². The molecule has 0 aliphatic rings. The fourth-order valence-corrected chi connectivity index (χ4v) is 1.42. The Kier molecular flexibility index (Phi) is 4.45. The van der Waals surface area contributed by atoms with E-state index in [1.165, 1.54) is 0 Å². The Morgan fingerprint density at radius 1 is 1.45 bits per heavy atom. The van der Waals surface area contributed by atoms with Gasteiger partial charge < -0.3 is 14.6 Å². The van der Waals surface area contributed by atoms with Gasteiger partial charge in [0.2, 0.25) is 0 Å². The Morgan fingerprint density at radius 2 is 2.05 bits per heavy atom. The third-order valence-electron chi connectivity index (χ3n) is 2.42. The topological polar surface area (TPSA) is 79.5 Å². The van der Waals surface area contributed by atoms with Crippen molar-refractivity contribution < 1.29 is 32.5 Å². The molecule has 1 aromatic rings. The maximum absolute atomic E-state index is 12.4. The summed E-state index contributed by atoms with van der Waals surface area (Å²) >= 11 is 0. The molecule has 0 bridgehead atoms. The highest BCUT2D eigenvalue weighted by molar-refractivity contribution is 5.95. The van der Waals surface area contributed by atoms with Crippen LogP contribution in [0.5, 0.6) is 11.5 Å². The molecule has 0 heterocycles. The van der Waals surface area contributed by atoms with E-state index in [1.807, 2.05) is 0 Å². The van der Waals surface area contributed by atoms with E-state index in [1.54, 1.807) is 6.07 Å². The van der Waals surface area contributed by atoms with Gasteiger partial charge >= 0.3 is 12.1 Å². The van der Waals surface area contributed by atoms with Gasteiger partial charge in [-0.05, 0) is 19.1 Å². The van der Waals surface area contributed by atoms with Crippen molar-refractivity contribution in [2.24, 2.45) is 0 Å². The zero-order valence-corrected chi connectivity index (χ0v) is 10.5. The van der Waals surface area contributed by atoms with Crippen molar-refractivity contribution in [1.82, 2.24) is 0 Å². The monoisotopic (exact) mass is 289 g/mol. The van der Waals surface area contributed by atoms with Gasteiger partial charge in [0.1, 0.15) is 17.4 Å². The number of hydrogen-bond acceptors (Lipinski definition) is 4. The number of ether oxygens (including phenoxy) is 2. The van der Waals surface area contributed by atoms with E-state index in [0.717, 1.165) is 26.2 Å². The first-order valence-electron chi connectivity index (χ1n) is 5.30. The second-order valence-electron chi connectivity index (χ2n) is 3.74. The number of nitriles is 1. The predicted molar refractivity (Wildman–Crippen MR) is 60.8 cm³/mol. The van der Waals surface area contributed by atoms with Crippen molar-refractivity contribution in [3.8, 4) is 17.6 Å². The molecule has 1 rings (SSSR count). The van der Waals surface area contributed by atoms with Crippen LogP contribution in [-0.4, -0.2) is 30.5 Å². The van der Waals surface area contributed by atoms with Crippen LogP contribution in [0.15, 0.2) is 12.1 Å². The minimum Gasteiger partial charge on any atom is -0.494 e. The van der Waals surface area contributed by atoms with E-state index in [0.29, 0.717) is 0 Å². The van der Waals surface area contributed by atoms with Crippen LogP contribution in [-0.2, 0) is 0 Å². The van der Waals surface area contributed by atoms with Crippen molar-refractivity contribution in [1.29, 1.82) is 5.26 Å². The van der Waals surface area contributed by atoms with Gasteiger partial charge in [-0.2, -0.15) is 18.4 Å². The summed E-state index contributed by atoms with van der Waals surface area (Å²) in [4.78, 5) is 11.2. The lowest BCUT2D eigenvalue weighted by Gasteiger charge is -2.20. The number of hydrogen-bond donors (Lipinski definition) is 1. The molecule has 20 heavy (non-hydrogen) atoms. The zero-order valence-electron chi connectivity index (χ0n) is 10.5. The lowest BCUT2D eigenvalue weighted by atomic mass is 10.1. The molecule has 0 aliphatic carbocycles. The largest absolute Gasteiger partial charge is 0.494 e. The van der Waals surface area contributed by atoms with E-state index in [9.17, 15) is 18.0 Å². The molecule has 5 nitrogen and oxygen atoms in total. The number of aromatic carboxylic acids is 1. The van der Waals surface area contributed by atoms with E-state index in [4.69, 9.17) is 15.1 Å². The number of alkyl halides is 3. The third kappa shape index (κ3) is 3.12. The van der Waals surface area contributed by atoms with Crippen LogP contribution in [0.1, 0.15) is 22.8 Å². The molecule has 1 atom stereocenters. The van der Waals surface area contributed by atoms with E-state index >= 15 is 0 Å². The number of nitrogens with zero attached hydrogens (tertiary/aromatic N) is 1. The summed E-state index contributed by atoms with van der Waals surface area (Å²) in [5, 5.41) is 17.9. The summed E-state index contributed by atoms with van der Waals surface area (Å²) in [5.41, 5.74) is -0.737. The number of benzene rings is 1. The molecular weight excluding hydrogens is 279 g/mol. The number of carboxylic acid groups (broad SMARTS) is 1. The highest BCUT2D eigenvalue weighted by Gasteiger charge is 2.39. The molecule has 0 saturated carbocycles. The Balaban J connectivity index is 3.35. The summed E-state index contributed by atoms with van der Waals surface area (Å²) in [6.07, 6.45) is -6.84. The first-order valence-corrected chi connectivity index (χ1v) is 5.30. The van der Waals surface area contributed by atoms with Crippen LogP contribution in [0.2, 0.25) is 0 Å². The van der Waals surface area contributed by atoms with Crippen LogP contribution < -0.4 is 9.47 Å². The molecule has 0 aromatic heterocycles. The van der Waals surface area contributed by atoms with Crippen LogP contribution in [0.3, 0.4) is 0 Å². The average molecular weight is 289 g/mol. The van der Waals surface area contributed by atoms with Crippen molar-refractivity contribution in [3.05, 3.63) is 23.3 Å². The molecule has 1 unspecified atom stereocenters. The minimum absolute atomic E-state index is 0.114. The molecule has 0 fully saturated rings. The van der Waals surface area contributed by atoms with Crippen molar-refractivity contribution in [2.75, 3.05) is 7.11 Å². The second kappa shape index (κ2) is 5.69. The standard InChI is InChI=1S/C12H10F3NO4/c1-6(12(13,14)15)20-8-4-3-7(5-16)10(19-2)9(8)11(17)18/h3-4,6H,1-2H3,(H,17,18). The number of carbonyl (C=O) groups is 1. The van der Waals surface area contributed by atoms with Gasteiger partial charge in [-0.25, -0.2) is 4.79 Å². The molecule has 0 radical (unpaired) electrons. The maximum atomic E-state index is 12.4. The Morgan fingerprint density at radius 3 is 2.45 bits per heavy atom. The Bertz CT molecular complexity index is 563. The maximum Gasteiger partial charge on any atom is 0.425 e. The fraction of sp³-hybridized carbons (Fsp3) is 0.333. The number of rotatable bonds is 4. The minimum atomic E-state index is -4.64. The van der Waals surface area contributed by atoms with Crippen molar-refractivity contribution >= 4 is 5.97 Å². The molecule has 1 aromatic carbocycles. The Hall–Kier alpha value is -2.43. The fourth-order valence-electron chi connectivity index (χ4n) is 1.42. The Labute approximate surface area is 112 Å². The first kappa shape index (κ1) is 15.6. The molecular formula is C12H10F3NO4. The summed E-state index contributed by atoms with van der Waals surface area (Å²) in [7, 11) is 1.11. The van der Waals surface area contributed by atoms with Crippen LogP contribution in [0.4, 0.5) is 13.2 Å². The number of halogens is 3. The van der Waals surface area contributed by atoms with Gasteiger partial charge in [-0.15, -0.1) is 0 Å². The van der Waals surface area contributed by atoms with Gasteiger partial charge in [-0.1, -0.05) is 0 Å². The summed E-state index contributed by atoms with van der Waals surface area (Å²) in [5.74, 6) is -2.41. The molecule has 8 heteroatoms. The molecule has 108 valence electrons. The quantitative estimate of drug-likeness (QED) is 0.921. The predicted octanol–water partition coefficient (Wildman–Crippen LogP) is 2.59. The van der Waals surface area contributed by atoms with Crippen LogP contribution in [0, 0.1) is 11.3 Å². The molecule has 0 spiro atoms. The number of methoxy groups -OCH3 is 1. The third-order valence-corrected chi connectivity index (χ3v) is 2.42. The number of carboxylic acids is 1. The summed E-state index contributed by atoms with van der Waals surface area (Å²) in [6, 6.07) is 3.81. The normalized spacial score (nSPS) is 12.4. The zero-order chi connectivity index (χ0) is 15.5. The molecule has 1 N–H and O–H groups in total. The van der Waals surface area contributed by atoms with E-state index in [-0.39, 0.29) is 11.3 Å². The van der Waals surface area contributed by atoms with E-state index < -0.39 is 29.6 Å². The molecule has 0 amide bonds. The smallest absolute Gasteiger partial charge is 0.425 e. The average Bonchev–Trinajstić information content (AvgIpc) is 2.36. The SMILES string of the molecule is COc1c(C#N)ccc(OC(C)C(F)(F)F)c1C(=O)O. The van der Waals surface area contributed by atoms with Crippen LogP contribution in [0.25, 0.3) is 0 Å². The van der Waals surface area contributed by atoms with Gasteiger partial charge in [0.05, 0.1) is 12.7 Å². The highest BCUT2D eigenvalue weighted by atomic mass is 19.4. The lowest BCUT2D eigenvalue weighted by Crippen LogP contribution is -2.31. The van der Waals surface area contributed by atoms with Gasteiger partial charge in [0.25, 0.3) is 0 Å². The van der Waals surface area contributed by atoms with E-state index in [2.05, 4.69) is 4.74 Å². The van der Waals surface area contributed by atoms with Crippen molar-refractivity contribution in [3.63, 3.8) is 0 Å². The molecule has 0 aliphatic heterocycles. The summed E-state index contributed by atoms with van der Waals surface area (Å²) < 4.78 is 46.7. The highest BCUT2D eigenvalue weighted by Crippen LogP contribution is 2.34. The van der Waals surface area contributed by atoms with Gasteiger partial charge in [-0.3, -0.25) is 0 Å². The first-order chi connectivity index (χ1) is 9.22. The van der Waals surface area contributed by atoms with Crippen molar-refractivity contribution in [2.45, 2.75) is 19.2 Å². The molecule has 0 saturated heterocycles. The van der Waals surface area contributed by atoms with Gasteiger partial charge in [0, 0.05) is 0 Å².